The molecule has 30 heavy (non-hydrogen) atoms. The topological polar surface area (TPSA) is 67.2 Å². The second kappa shape index (κ2) is 8.08. The average Bonchev–Trinajstić information content (AvgIpc) is 3.12. The van der Waals surface area contributed by atoms with Gasteiger partial charge in [0.25, 0.3) is 5.91 Å². The highest BCUT2D eigenvalue weighted by molar-refractivity contribution is 7.80. The van der Waals surface area contributed by atoms with Gasteiger partial charge in [0.15, 0.2) is 10.7 Å². The Morgan fingerprint density at radius 2 is 1.70 bits per heavy atom. The van der Waals surface area contributed by atoms with Crippen molar-refractivity contribution >= 4 is 40.0 Å². The van der Waals surface area contributed by atoms with Crippen LogP contribution in [0.3, 0.4) is 0 Å². The van der Waals surface area contributed by atoms with E-state index in [1.54, 1.807) is 0 Å². The first-order valence-corrected chi connectivity index (χ1v) is 9.98. The Morgan fingerprint density at radius 3 is 2.43 bits per heavy atom. The van der Waals surface area contributed by atoms with E-state index in [9.17, 15) is 4.79 Å². The normalized spacial score (nSPS) is 10.8. The maximum Gasteiger partial charge on any atom is 0.257 e. The van der Waals surface area contributed by atoms with E-state index in [-0.39, 0.29) is 11.0 Å². The van der Waals surface area contributed by atoms with Crippen LogP contribution in [0.2, 0.25) is 0 Å². The van der Waals surface area contributed by atoms with E-state index in [4.69, 9.17) is 16.6 Å². The summed E-state index contributed by atoms with van der Waals surface area (Å²) in [6.07, 6.45) is 0. The van der Waals surface area contributed by atoms with Crippen LogP contribution in [0.4, 0.5) is 5.69 Å². The molecule has 2 N–H and O–H groups in total. The number of aromatic nitrogens is 1. The Labute approximate surface area is 180 Å². The first-order chi connectivity index (χ1) is 14.4. The molecule has 5 nitrogen and oxygen atoms in total. The number of hydrogen-bond donors (Lipinski definition) is 2. The number of benzene rings is 3. The summed E-state index contributed by atoms with van der Waals surface area (Å²) in [4.78, 5) is 17.1. The Balaban J connectivity index is 1.54. The molecule has 0 fully saturated rings. The molecule has 0 spiro atoms. The largest absolute Gasteiger partial charge is 0.436 e. The highest BCUT2D eigenvalue weighted by Crippen LogP contribution is 2.30. The molecule has 4 rings (SSSR count). The zero-order valence-corrected chi connectivity index (χ0v) is 17.8. The third-order valence-electron chi connectivity index (χ3n) is 4.82. The molecule has 0 aliphatic rings. The maximum atomic E-state index is 12.6. The molecule has 4 aromatic rings. The number of anilines is 1. The molecule has 1 amide bonds. The van der Waals surface area contributed by atoms with Gasteiger partial charge < -0.3 is 9.73 Å². The molecule has 150 valence electrons. The summed E-state index contributed by atoms with van der Waals surface area (Å²) in [5.41, 5.74) is 6.74. The zero-order valence-electron chi connectivity index (χ0n) is 16.9. The lowest BCUT2D eigenvalue weighted by Gasteiger charge is -2.14. The van der Waals surface area contributed by atoms with Gasteiger partial charge in [-0.2, -0.15) is 0 Å². The summed E-state index contributed by atoms with van der Waals surface area (Å²) in [7, 11) is 0. The molecule has 0 unspecified atom stereocenters. The van der Waals surface area contributed by atoms with Crippen molar-refractivity contribution in [2.24, 2.45) is 0 Å². The van der Waals surface area contributed by atoms with Gasteiger partial charge in [-0.25, -0.2) is 4.98 Å². The minimum Gasteiger partial charge on any atom is -0.436 e. The van der Waals surface area contributed by atoms with Crippen molar-refractivity contribution in [2.75, 3.05) is 5.32 Å². The molecule has 3 aromatic carbocycles. The predicted octanol–water partition coefficient (Wildman–Crippen LogP) is 5.55. The molecule has 0 saturated heterocycles. The van der Waals surface area contributed by atoms with E-state index in [2.05, 4.69) is 15.6 Å². The molecule has 1 aromatic heterocycles. The molecule has 0 atom stereocenters. The van der Waals surface area contributed by atoms with Gasteiger partial charge in [0.2, 0.25) is 5.89 Å². The van der Waals surface area contributed by atoms with Crippen LogP contribution >= 0.6 is 12.2 Å². The standard InChI is InChI=1S/C24H21N3O2S/c1-14-11-15(2)13-17(12-14)22(28)27-24(30)26-19-9-6-7-18(16(19)3)23-25-20-8-4-5-10-21(20)29-23/h4-13H,1-3H3,(H2,26,27,28,30). The lowest BCUT2D eigenvalue weighted by Crippen LogP contribution is -2.34. The van der Waals surface area contributed by atoms with Crippen molar-refractivity contribution in [2.45, 2.75) is 20.8 Å². The molecule has 6 heteroatoms. The van der Waals surface area contributed by atoms with Crippen molar-refractivity contribution in [3.63, 3.8) is 0 Å². The van der Waals surface area contributed by atoms with Crippen LogP contribution in [0.15, 0.2) is 65.1 Å². The van der Waals surface area contributed by atoms with Crippen molar-refractivity contribution in [1.82, 2.24) is 10.3 Å². The molecular weight excluding hydrogens is 394 g/mol. The second-order valence-corrected chi connectivity index (χ2v) is 7.66. The van der Waals surface area contributed by atoms with Gasteiger partial charge in [0.1, 0.15) is 5.52 Å². The van der Waals surface area contributed by atoms with Crippen LogP contribution in [-0.4, -0.2) is 16.0 Å². The predicted molar refractivity (Wildman–Crippen MR) is 124 cm³/mol. The van der Waals surface area contributed by atoms with Crippen LogP contribution in [0.25, 0.3) is 22.6 Å². The van der Waals surface area contributed by atoms with Crippen LogP contribution in [0.1, 0.15) is 27.0 Å². The summed E-state index contributed by atoms with van der Waals surface area (Å²) >= 11 is 5.37. The number of hydrogen-bond acceptors (Lipinski definition) is 4. The Hall–Kier alpha value is -3.51. The van der Waals surface area contributed by atoms with Crippen molar-refractivity contribution in [1.29, 1.82) is 0 Å². The van der Waals surface area contributed by atoms with Gasteiger partial charge >= 0.3 is 0 Å². The average molecular weight is 416 g/mol. The van der Waals surface area contributed by atoms with Crippen LogP contribution in [-0.2, 0) is 0 Å². The van der Waals surface area contributed by atoms with Crippen molar-refractivity contribution in [3.05, 3.63) is 82.9 Å². The Morgan fingerprint density at radius 1 is 0.967 bits per heavy atom. The van der Waals surface area contributed by atoms with Gasteiger partial charge in [-0.05, 0) is 75.0 Å². The summed E-state index contributed by atoms with van der Waals surface area (Å²) in [5.74, 6) is 0.301. The van der Waals surface area contributed by atoms with E-state index in [1.165, 1.54) is 0 Å². The van der Waals surface area contributed by atoms with E-state index >= 15 is 0 Å². The minimum absolute atomic E-state index is 0.233. The number of nitrogens with one attached hydrogen (secondary N) is 2. The number of thiocarbonyl (C=S) groups is 1. The van der Waals surface area contributed by atoms with Crippen molar-refractivity contribution in [3.8, 4) is 11.5 Å². The lowest BCUT2D eigenvalue weighted by molar-refractivity contribution is 0.0977. The number of carbonyl (C=O) groups excluding carboxylic acids is 1. The van der Waals surface area contributed by atoms with Crippen molar-refractivity contribution < 1.29 is 9.21 Å². The fourth-order valence-corrected chi connectivity index (χ4v) is 3.63. The Bertz CT molecular complexity index is 1220. The fraction of sp³-hybridized carbons (Fsp3) is 0.125. The fourth-order valence-electron chi connectivity index (χ4n) is 3.42. The number of para-hydroxylation sites is 2. The molecule has 0 aliphatic heterocycles. The summed E-state index contributed by atoms with van der Waals surface area (Å²) in [6.45, 7) is 5.88. The lowest BCUT2D eigenvalue weighted by atomic mass is 10.1. The number of nitrogens with zero attached hydrogens (tertiary/aromatic N) is 1. The molecule has 0 saturated carbocycles. The van der Waals surface area contributed by atoms with Gasteiger partial charge in [-0.1, -0.05) is 35.4 Å². The smallest absolute Gasteiger partial charge is 0.257 e. The summed E-state index contributed by atoms with van der Waals surface area (Å²) in [6, 6.07) is 19.1. The summed E-state index contributed by atoms with van der Waals surface area (Å²) < 4.78 is 5.90. The Kier molecular flexibility index (Phi) is 5.33. The monoisotopic (exact) mass is 415 g/mol. The number of carbonyl (C=O) groups is 1. The van der Waals surface area contributed by atoms with E-state index in [0.717, 1.165) is 39.0 Å². The molecular formula is C24H21N3O2S. The highest BCUT2D eigenvalue weighted by Gasteiger charge is 2.14. The number of oxazole rings is 1. The molecule has 0 bridgehead atoms. The van der Waals surface area contributed by atoms with Crippen LogP contribution in [0.5, 0.6) is 0 Å². The van der Waals surface area contributed by atoms with E-state index in [1.807, 2.05) is 81.4 Å². The quantitative estimate of drug-likeness (QED) is 0.430. The molecule has 0 radical (unpaired) electrons. The molecule has 1 heterocycles. The van der Waals surface area contributed by atoms with E-state index in [0.29, 0.717) is 11.5 Å². The highest BCUT2D eigenvalue weighted by atomic mass is 32.1. The SMILES string of the molecule is Cc1cc(C)cc(C(=O)NC(=S)Nc2cccc(-c3nc4ccccc4o3)c2C)c1. The van der Waals surface area contributed by atoms with Crippen LogP contribution < -0.4 is 10.6 Å². The van der Waals surface area contributed by atoms with Gasteiger partial charge in [-0.15, -0.1) is 0 Å². The maximum absolute atomic E-state index is 12.6. The van der Waals surface area contributed by atoms with E-state index < -0.39 is 0 Å². The van der Waals surface area contributed by atoms with Gasteiger partial charge in [-0.3, -0.25) is 10.1 Å². The second-order valence-electron chi connectivity index (χ2n) is 7.25. The number of fused-ring (bicyclic) bond motifs is 1. The third-order valence-corrected chi connectivity index (χ3v) is 5.02. The first-order valence-electron chi connectivity index (χ1n) is 9.57. The molecule has 0 aliphatic carbocycles. The van der Waals surface area contributed by atoms with Gasteiger partial charge in [0.05, 0.1) is 0 Å². The zero-order chi connectivity index (χ0) is 21.3. The third kappa shape index (κ3) is 4.09. The first kappa shape index (κ1) is 19.8. The number of rotatable bonds is 3. The van der Waals surface area contributed by atoms with Gasteiger partial charge in [0, 0.05) is 16.8 Å². The van der Waals surface area contributed by atoms with Crippen LogP contribution in [0, 0.1) is 20.8 Å². The number of aryl methyl sites for hydroxylation is 2. The minimum atomic E-state index is -0.243. The summed E-state index contributed by atoms with van der Waals surface area (Å²) in [5, 5.41) is 6.10. The number of amides is 1.